The van der Waals surface area contributed by atoms with Crippen molar-refractivity contribution in [2.24, 2.45) is 0 Å². The zero-order valence-electron chi connectivity index (χ0n) is 14.8. The third kappa shape index (κ3) is 4.51. The van der Waals surface area contributed by atoms with Gasteiger partial charge < -0.3 is 14.8 Å². The predicted octanol–water partition coefficient (Wildman–Crippen LogP) is 4.63. The van der Waals surface area contributed by atoms with Gasteiger partial charge in [-0.05, 0) is 38.5 Å². The number of para-hydroxylation sites is 1. The van der Waals surface area contributed by atoms with Crippen molar-refractivity contribution in [3.63, 3.8) is 0 Å². The summed E-state index contributed by atoms with van der Waals surface area (Å²) >= 11 is 0. The number of rotatable bonds is 7. The van der Waals surface area contributed by atoms with Gasteiger partial charge in [-0.1, -0.05) is 36.8 Å². The third-order valence-electron chi connectivity index (χ3n) is 3.71. The van der Waals surface area contributed by atoms with Crippen molar-refractivity contribution in [3.05, 3.63) is 53.1 Å². The van der Waals surface area contributed by atoms with Crippen LogP contribution in [0.15, 0.2) is 36.4 Å². The molecule has 0 saturated carbocycles. The molecule has 0 heterocycles. The second kappa shape index (κ2) is 8.39. The molecule has 4 heteroatoms. The molecule has 0 aromatic heterocycles. The Morgan fingerprint density at radius 3 is 2.50 bits per heavy atom. The van der Waals surface area contributed by atoms with Gasteiger partial charge in [0.25, 0.3) is 0 Å². The molecular weight excluding hydrogens is 302 g/mol. The number of amides is 1. The predicted molar refractivity (Wildman–Crippen MR) is 96.8 cm³/mol. The van der Waals surface area contributed by atoms with E-state index in [1.54, 1.807) is 0 Å². The van der Waals surface area contributed by atoms with Crippen molar-refractivity contribution in [3.8, 4) is 11.5 Å². The maximum atomic E-state index is 11.8. The van der Waals surface area contributed by atoms with Crippen LogP contribution in [0.25, 0.3) is 0 Å². The monoisotopic (exact) mass is 327 g/mol. The molecule has 0 fully saturated rings. The molecule has 2 aromatic carbocycles. The molecule has 0 saturated heterocycles. The summed E-state index contributed by atoms with van der Waals surface area (Å²) in [4.78, 5) is 11.8. The van der Waals surface area contributed by atoms with Crippen molar-refractivity contribution >= 4 is 11.6 Å². The van der Waals surface area contributed by atoms with Crippen LogP contribution in [0.4, 0.5) is 5.69 Å². The van der Waals surface area contributed by atoms with Crippen molar-refractivity contribution in [2.45, 2.75) is 40.7 Å². The molecule has 0 aliphatic rings. The lowest BCUT2D eigenvalue weighted by Crippen LogP contribution is -2.13. The number of hydrogen-bond donors (Lipinski definition) is 1. The van der Waals surface area contributed by atoms with Gasteiger partial charge in [0.1, 0.15) is 18.1 Å². The largest absolute Gasteiger partial charge is 0.492 e. The van der Waals surface area contributed by atoms with Crippen molar-refractivity contribution in [1.82, 2.24) is 0 Å². The van der Waals surface area contributed by atoms with Crippen molar-refractivity contribution in [1.29, 1.82) is 0 Å². The lowest BCUT2D eigenvalue weighted by Gasteiger charge is -2.17. The zero-order valence-corrected chi connectivity index (χ0v) is 14.8. The molecule has 24 heavy (non-hydrogen) atoms. The standard InChI is InChI=1S/C20H25NO3/c1-5-19(22)21-20-16(8-7-9-18(20)23-6-2)13-24-17-11-10-14(3)12-15(17)4/h7-12H,5-6,13H2,1-4H3,(H,21,22). The fraction of sp³-hybridized carbons (Fsp3) is 0.350. The summed E-state index contributed by atoms with van der Waals surface area (Å²) in [6.07, 6.45) is 0.415. The average Bonchev–Trinajstić information content (AvgIpc) is 2.56. The number of hydrogen-bond acceptors (Lipinski definition) is 3. The van der Waals surface area contributed by atoms with Crippen LogP contribution < -0.4 is 14.8 Å². The summed E-state index contributed by atoms with van der Waals surface area (Å²) in [5, 5.41) is 2.93. The topological polar surface area (TPSA) is 47.6 Å². The van der Waals surface area contributed by atoms with Crippen LogP contribution in [0.1, 0.15) is 37.0 Å². The first-order valence-electron chi connectivity index (χ1n) is 8.29. The number of aryl methyl sites for hydroxylation is 2. The van der Waals surface area contributed by atoms with Gasteiger partial charge in [-0.15, -0.1) is 0 Å². The highest BCUT2D eigenvalue weighted by atomic mass is 16.5. The summed E-state index contributed by atoms with van der Waals surface area (Å²) in [6, 6.07) is 11.8. The molecule has 0 bridgehead atoms. The molecule has 0 aliphatic heterocycles. The average molecular weight is 327 g/mol. The van der Waals surface area contributed by atoms with Gasteiger partial charge >= 0.3 is 0 Å². The number of anilines is 1. The van der Waals surface area contributed by atoms with Crippen LogP contribution in [0.3, 0.4) is 0 Å². The van der Waals surface area contributed by atoms with E-state index in [0.29, 0.717) is 31.1 Å². The summed E-state index contributed by atoms with van der Waals surface area (Å²) in [5.74, 6) is 1.46. The second-order valence-corrected chi connectivity index (χ2v) is 5.68. The van der Waals surface area contributed by atoms with E-state index in [1.807, 2.05) is 51.1 Å². The van der Waals surface area contributed by atoms with E-state index in [4.69, 9.17) is 9.47 Å². The lowest BCUT2D eigenvalue weighted by atomic mass is 10.1. The molecule has 0 unspecified atom stereocenters. The Morgan fingerprint density at radius 2 is 1.83 bits per heavy atom. The fourth-order valence-corrected chi connectivity index (χ4v) is 2.46. The Balaban J connectivity index is 2.24. The molecule has 0 atom stereocenters. The minimum absolute atomic E-state index is 0.0464. The summed E-state index contributed by atoms with van der Waals surface area (Å²) < 4.78 is 11.6. The Hall–Kier alpha value is -2.49. The molecule has 0 radical (unpaired) electrons. The first-order chi connectivity index (χ1) is 11.5. The first-order valence-corrected chi connectivity index (χ1v) is 8.29. The highest BCUT2D eigenvalue weighted by molar-refractivity contribution is 5.93. The highest BCUT2D eigenvalue weighted by Crippen LogP contribution is 2.30. The zero-order chi connectivity index (χ0) is 17.5. The quantitative estimate of drug-likeness (QED) is 0.806. The maximum absolute atomic E-state index is 11.8. The molecule has 1 N–H and O–H groups in total. The van der Waals surface area contributed by atoms with E-state index >= 15 is 0 Å². The molecule has 1 amide bonds. The SMILES string of the molecule is CCOc1cccc(COc2ccc(C)cc2C)c1NC(=O)CC. The summed E-state index contributed by atoms with van der Waals surface area (Å²) in [5.41, 5.74) is 3.88. The number of carbonyl (C=O) groups excluding carboxylic acids is 1. The van der Waals surface area contributed by atoms with Gasteiger partial charge in [0.05, 0.1) is 12.3 Å². The minimum Gasteiger partial charge on any atom is -0.492 e. The van der Waals surface area contributed by atoms with Crippen LogP contribution in [-0.2, 0) is 11.4 Å². The molecule has 0 spiro atoms. The number of ether oxygens (including phenoxy) is 2. The normalized spacial score (nSPS) is 10.3. The van der Waals surface area contributed by atoms with E-state index in [-0.39, 0.29) is 5.91 Å². The molecule has 4 nitrogen and oxygen atoms in total. The highest BCUT2D eigenvalue weighted by Gasteiger charge is 2.13. The van der Waals surface area contributed by atoms with E-state index in [2.05, 4.69) is 18.3 Å². The van der Waals surface area contributed by atoms with E-state index in [0.717, 1.165) is 16.9 Å². The summed E-state index contributed by atoms with van der Waals surface area (Å²) in [7, 11) is 0. The fourth-order valence-electron chi connectivity index (χ4n) is 2.46. The minimum atomic E-state index is -0.0464. The van der Waals surface area contributed by atoms with Crippen LogP contribution in [0, 0.1) is 13.8 Å². The molecule has 2 aromatic rings. The van der Waals surface area contributed by atoms with E-state index in [9.17, 15) is 4.79 Å². The van der Waals surface area contributed by atoms with Gasteiger partial charge in [-0.2, -0.15) is 0 Å². The Morgan fingerprint density at radius 1 is 1.04 bits per heavy atom. The van der Waals surface area contributed by atoms with E-state index < -0.39 is 0 Å². The third-order valence-corrected chi connectivity index (χ3v) is 3.71. The van der Waals surface area contributed by atoms with Gasteiger partial charge in [0.15, 0.2) is 0 Å². The van der Waals surface area contributed by atoms with E-state index in [1.165, 1.54) is 5.56 Å². The number of carbonyl (C=O) groups is 1. The number of benzene rings is 2. The first kappa shape index (κ1) is 17.9. The molecular formula is C20H25NO3. The second-order valence-electron chi connectivity index (χ2n) is 5.68. The van der Waals surface area contributed by atoms with Gasteiger partial charge in [-0.3, -0.25) is 4.79 Å². The summed E-state index contributed by atoms with van der Waals surface area (Å²) in [6.45, 7) is 8.73. The van der Waals surface area contributed by atoms with Crippen molar-refractivity contribution < 1.29 is 14.3 Å². The molecule has 0 aliphatic carbocycles. The van der Waals surface area contributed by atoms with Crippen LogP contribution in [0.2, 0.25) is 0 Å². The van der Waals surface area contributed by atoms with Gasteiger partial charge in [0.2, 0.25) is 5.91 Å². The molecule has 2 rings (SSSR count). The Bertz CT molecular complexity index is 710. The van der Waals surface area contributed by atoms with Crippen LogP contribution >= 0.6 is 0 Å². The number of nitrogens with one attached hydrogen (secondary N) is 1. The smallest absolute Gasteiger partial charge is 0.224 e. The Kier molecular flexibility index (Phi) is 6.24. The van der Waals surface area contributed by atoms with Crippen molar-refractivity contribution in [2.75, 3.05) is 11.9 Å². The van der Waals surface area contributed by atoms with Gasteiger partial charge in [0, 0.05) is 12.0 Å². The van der Waals surface area contributed by atoms with Crippen LogP contribution in [-0.4, -0.2) is 12.5 Å². The van der Waals surface area contributed by atoms with Gasteiger partial charge in [-0.25, -0.2) is 0 Å². The lowest BCUT2D eigenvalue weighted by molar-refractivity contribution is -0.115. The maximum Gasteiger partial charge on any atom is 0.224 e. The molecule has 128 valence electrons. The van der Waals surface area contributed by atoms with Crippen LogP contribution in [0.5, 0.6) is 11.5 Å². The Labute approximate surface area is 143 Å².